The molecule has 2 aromatic rings. The van der Waals surface area contributed by atoms with Crippen LogP contribution in [0.25, 0.3) is 10.9 Å². The SMILES string of the molecule is COS(=O)(=O)c1ccc2[nH]ccc2c1Br. The van der Waals surface area contributed by atoms with Crippen molar-refractivity contribution in [2.75, 3.05) is 7.11 Å². The van der Waals surface area contributed by atoms with Gasteiger partial charge in [0.2, 0.25) is 0 Å². The van der Waals surface area contributed by atoms with E-state index in [4.69, 9.17) is 0 Å². The van der Waals surface area contributed by atoms with E-state index in [9.17, 15) is 8.42 Å². The van der Waals surface area contributed by atoms with Crippen LogP contribution in [-0.4, -0.2) is 20.5 Å². The number of aromatic nitrogens is 1. The number of fused-ring (bicyclic) bond motifs is 1. The van der Waals surface area contributed by atoms with E-state index in [2.05, 4.69) is 25.1 Å². The number of benzene rings is 1. The zero-order chi connectivity index (χ0) is 11.1. The van der Waals surface area contributed by atoms with Crippen LogP contribution in [0.15, 0.2) is 33.8 Å². The molecule has 0 aliphatic rings. The molecule has 1 N–H and O–H groups in total. The van der Waals surface area contributed by atoms with E-state index in [1.54, 1.807) is 18.3 Å². The van der Waals surface area contributed by atoms with Crippen LogP contribution in [0.2, 0.25) is 0 Å². The molecule has 4 nitrogen and oxygen atoms in total. The molecule has 0 saturated carbocycles. The van der Waals surface area contributed by atoms with Crippen LogP contribution in [0.1, 0.15) is 0 Å². The molecular weight excluding hydrogens is 282 g/mol. The van der Waals surface area contributed by atoms with Crippen LogP contribution in [0.4, 0.5) is 0 Å². The minimum absolute atomic E-state index is 0.136. The van der Waals surface area contributed by atoms with Crippen molar-refractivity contribution in [1.29, 1.82) is 0 Å². The minimum Gasteiger partial charge on any atom is -0.361 e. The second-order valence-electron chi connectivity index (χ2n) is 2.94. The highest BCUT2D eigenvalue weighted by Gasteiger charge is 2.18. The van der Waals surface area contributed by atoms with Crippen molar-refractivity contribution in [3.8, 4) is 0 Å². The molecule has 0 fully saturated rings. The summed E-state index contributed by atoms with van der Waals surface area (Å²) in [6, 6.07) is 5.00. The first-order chi connectivity index (χ1) is 7.06. The Morgan fingerprint density at radius 2 is 2.07 bits per heavy atom. The van der Waals surface area contributed by atoms with Crippen molar-refractivity contribution in [3.05, 3.63) is 28.9 Å². The van der Waals surface area contributed by atoms with Crippen molar-refractivity contribution in [1.82, 2.24) is 4.98 Å². The summed E-state index contributed by atoms with van der Waals surface area (Å²) in [6.45, 7) is 0. The number of hydrogen-bond acceptors (Lipinski definition) is 3. The first-order valence-electron chi connectivity index (χ1n) is 4.12. The fourth-order valence-corrected chi connectivity index (χ4v) is 3.18. The van der Waals surface area contributed by atoms with Crippen molar-refractivity contribution in [2.45, 2.75) is 4.90 Å². The van der Waals surface area contributed by atoms with E-state index in [1.807, 2.05) is 0 Å². The second kappa shape index (κ2) is 3.62. The number of H-pyrrole nitrogens is 1. The van der Waals surface area contributed by atoms with Crippen molar-refractivity contribution < 1.29 is 12.6 Å². The Morgan fingerprint density at radius 1 is 1.33 bits per heavy atom. The van der Waals surface area contributed by atoms with Gasteiger partial charge in [0.15, 0.2) is 0 Å². The highest BCUT2D eigenvalue weighted by atomic mass is 79.9. The summed E-state index contributed by atoms with van der Waals surface area (Å²) in [5, 5.41) is 0.813. The Bertz CT molecular complexity index is 603. The molecule has 15 heavy (non-hydrogen) atoms. The van der Waals surface area contributed by atoms with Crippen LogP contribution in [-0.2, 0) is 14.3 Å². The Hall–Kier alpha value is -0.850. The zero-order valence-corrected chi connectivity index (χ0v) is 10.2. The number of rotatable bonds is 2. The van der Waals surface area contributed by atoms with Gasteiger partial charge in [-0.25, -0.2) is 0 Å². The van der Waals surface area contributed by atoms with Crippen LogP contribution in [0.5, 0.6) is 0 Å². The van der Waals surface area contributed by atoms with Gasteiger partial charge in [0.1, 0.15) is 4.90 Å². The molecule has 0 bridgehead atoms. The van der Waals surface area contributed by atoms with Crippen molar-refractivity contribution >= 4 is 37.0 Å². The third-order valence-electron chi connectivity index (χ3n) is 2.12. The molecular formula is C9H8BrNO3S. The maximum Gasteiger partial charge on any atom is 0.297 e. The molecule has 2 rings (SSSR count). The summed E-state index contributed by atoms with van der Waals surface area (Å²) in [5.74, 6) is 0. The van der Waals surface area contributed by atoms with Crippen LogP contribution in [0.3, 0.4) is 0 Å². The monoisotopic (exact) mass is 289 g/mol. The Kier molecular flexibility index (Phi) is 2.57. The third-order valence-corrected chi connectivity index (χ3v) is 4.56. The van der Waals surface area contributed by atoms with Gasteiger partial charge in [-0.3, -0.25) is 4.18 Å². The first kappa shape index (κ1) is 10.7. The van der Waals surface area contributed by atoms with E-state index in [-0.39, 0.29) is 4.90 Å². The van der Waals surface area contributed by atoms with Gasteiger partial charge in [-0.05, 0) is 34.1 Å². The number of nitrogens with one attached hydrogen (secondary N) is 1. The largest absolute Gasteiger partial charge is 0.361 e. The van der Waals surface area contributed by atoms with E-state index < -0.39 is 10.1 Å². The lowest BCUT2D eigenvalue weighted by atomic mass is 10.2. The topological polar surface area (TPSA) is 59.2 Å². The van der Waals surface area contributed by atoms with E-state index in [0.29, 0.717) is 4.47 Å². The molecule has 0 aliphatic carbocycles. The summed E-state index contributed by atoms with van der Waals surface area (Å²) >= 11 is 3.26. The summed E-state index contributed by atoms with van der Waals surface area (Å²) in [5.41, 5.74) is 0.872. The Morgan fingerprint density at radius 3 is 2.73 bits per heavy atom. The van der Waals surface area contributed by atoms with Gasteiger partial charge in [-0.15, -0.1) is 0 Å². The molecule has 0 atom stereocenters. The van der Waals surface area contributed by atoms with Crippen LogP contribution >= 0.6 is 15.9 Å². The quantitative estimate of drug-likeness (QED) is 0.863. The van der Waals surface area contributed by atoms with Gasteiger partial charge in [0, 0.05) is 21.6 Å². The maximum atomic E-state index is 11.5. The highest BCUT2D eigenvalue weighted by Crippen LogP contribution is 2.30. The number of aromatic amines is 1. The van der Waals surface area contributed by atoms with Gasteiger partial charge in [-0.2, -0.15) is 8.42 Å². The standard InChI is InChI=1S/C9H8BrNO3S/c1-14-15(12,13)8-3-2-7-6(9(8)10)4-5-11-7/h2-5,11H,1H3. The van der Waals surface area contributed by atoms with Gasteiger partial charge >= 0.3 is 0 Å². The predicted molar refractivity (Wildman–Crippen MR) is 60.2 cm³/mol. The molecule has 1 aromatic heterocycles. The lowest BCUT2D eigenvalue weighted by molar-refractivity contribution is 0.397. The van der Waals surface area contributed by atoms with E-state index in [0.717, 1.165) is 18.0 Å². The Labute approximate surface area is 95.5 Å². The van der Waals surface area contributed by atoms with Crippen LogP contribution in [0, 0.1) is 0 Å². The van der Waals surface area contributed by atoms with Gasteiger partial charge in [-0.1, -0.05) is 0 Å². The Balaban J connectivity index is 2.79. The minimum atomic E-state index is -3.66. The molecule has 6 heteroatoms. The molecule has 0 unspecified atom stereocenters. The smallest absolute Gasteiger partial charge is 0.297 e. The van der Waals surface area contributed by atoms with Gasteiger partial charge in [0.05, 0.1) is 7.11 Å². The molecule has 0 radical (unpaired) electrons. The normalized spacial score (nSPS) is 12.1. The molecule has 1 aromatic carbocycles. The van der Waals surface area contributed by atoms with Crippen molar-refractivity contribution in [3.63, 3.8) is 0 Å². The van der Waals surface area contributed by atoms with Crippen molar-refractivity contribution in [2.24, 2.45) is 0 Å². The first-order valence-corrected chi connectivity index (χ1v) is 6.32. The summed E-state index contributed by atoms with van der Waals surface area (Å²) in [4.78, 5) is 3.13. The van der Waals surface area contributed by atoms with E-state index in [1.165, 1.54) is 6.07 Å². The molecule has 1 heterocycles. The summed E-state index contributed by atoms with van der Waals surface area (Å²) < 4.78 is 28.0. The molecule has 80 valence electrons. The maximum absolute atomic E-state index is 11.5. The fourth-order valence-electron chi connectivity index (χ4n) is 1.36. The summed E-state index contributed by atoms with van der Waals surface area (Å²) in [6.07, 6.45) is 1.75. The van der Waals surface area contributed by atoms with Gasteiger partial charge < -0.3 is 4.98 Å². The summed E-state index contributed by atoms with van der Waals surface area (Å²) in [7, 11) is -2.52. The average Bonchev–Trinajstić information content (AvgIpc) is 2.66. The molecule has 0 amide bonds. The fraction of sp³-hybridized carbons (Fsp3) is 0.111. The second-order valence-corrected chi connectivity index (χ2v) is 5.41. The third kappa shape index (κ3) is 1.68. The lowest BCUT2D eigenvalue weighted by Gasteiger charge is -2.04. The molecule has 0 spiro atoms. The molecule has 0 aliphatic heterocycles. The number of halogens is 1. The lowest BCUT2D eigenvalue weighted by Crippen LogP contribution is -2.03. The highest BCUT2D eigenvalue weighted by molar-refractivity contribution is 9.10. The number of hydrogen-bond donors (Lipinski definition) is 1. The molecule has 0 saturated heterocycles. The average molecular weight is 290 g/mol. The zero-order valence-electron chi connectivity index (χ0n) is 7.82. The van der Waals surface area contributed by atoms with Crippen LogP contribution < -0.4 is 0 Å². The van der Waals surface area contributed by atoms with Gasteiger partial charge in [0.25, 0.3) is 10.1 Å². The predicted octanol–water partition coefficient (Wildman–Crippen LogP) is 2.27. The van der Waals surface area contributed by atoms with E-state index >= 15 is 0 Å².